The molecule has 1 fully saturated rings. The summed E-state index contributed by atoms with van der Waals surface area (Å²) in [7, 11) is 1.55. The molecule has 118 valence electrons. The van der Waals surface area contributed by atoms with Crippen LogP contribution >= 0.6 is 12.4 Å². The fourth-order valence-electron chi connectivity index (χ4n) is 2.65. The van der Waals surface area contributed by atoms with Gasteiger partial charge >= 0.3 is 0 Å². The fourth-order valence-corrected chi connectivity index (χ4v) is 2.65. The SMILES string of the molecule is COc1ccccc1C(O)CNC(=O)C1(N)CCCC1.Cl. The lowest BCUT2D eigenvalue weighted by atomic mass is 9.98. The molecule has 0 saturated heterocycles. The molecular formula is C15H23ClN2O3. The molecule has 1 aromatic rings. The van der Waals surface area contributed by atoms with Crippen LogP contribution in [-0.4, -0.2) is 30.2 Å². The smallest absolute Gasteiger partial charge is 0.240 e. The van der Waals surface area contributed by atoms with E-state index < -0.39 is 11.6 Å². The Morgan fingerprint density at radius 1 is 1.43 bits per heavy atom. The van der Waals surface area contributed by atoms with Gasteiger partial charge in [0.25, 0.3) is 0 Å². The van der Waals surface area contributed by atoms with Gasteiger partial charge in [-0.15, -0.1) is 12.4 Å². The third kappa shape index (κ3) is 4.09. The van der Waals surface area contributed by atoms with E-state index in [0.717, 1.165) is 12.8 Å². The third-order valence-corrected chi connectivity index (χ3v) is 3.90. The number of benzene rings is 1. The van der Waals surface area contributed by atoms with Gasteiger partial charge in [-0.3, -0.25) is 4.79 Å². The number of halogens is 1. The van der Waals surface area contributed by atoms with E-state index in [1.54, 1.807) is 19.2 Å². The van der Waals surface area contributed by atoms with Gasteiger partial charge in [-0.05, 0) is 18.9 Å². The molecule has 0 radical (unpaired) electrons. The van der Waals surface area contributed by atoms with E-state index in [1.807, 2.05) is 12.1 Å². The first kappa shape index (κ1) is 17.8. The second-order valence-electron chi connectivity index (χ2n) is 5.33. The molecule has 1 saturated carbocycles. The first-order valence-corrected chi connectivity index (χ1v) is 6.95. The van der Waals surface area contributed by atoms with Gasteiger partial charge in [-0.2, -0.15) is 0 Å². The molecule has 0 spiro atoms. The van der Waals surface area contributed by atoms with E-state index in [1.165, 1.54) is 0 Å². The van der Waals surface area contributed by atoms with Crippen LogP contribution in [0.5, 0.6) is 5.75 Å². The number of amides is 1. The van der Waals surface area contributed by atoms with Crippen molar-refractivity contribution in [3.05, 3.63) is 29.8 Å². The number of nitrogens with one attached hydrogen (secondary N) is 1. The molecule has 1 aliphatic carbocycles. The Bertz CT molecular complexity index is 476. The van der Waals surface area contributed by atoms with Crippen molar-refractivity contribution in [2.45, 2.75) is 37.3 Å². The largest absolute Gasteiger partial charge is 0.496 e. The number of hydrogen-bond acceptors (Lipinski definition) is 4. The van der Waals surface area contributed by atoms with Crippen LogP contribution in [0.1, 0.15) is 37.4 Å². The van der Waals surface area contributed by atoms with Gasteiger partial charge in [-0.25, -0.2) is 0 Å². The zero-order chi connectivity index (χ0) is 14.6. The normalized spacial score (nSPS) is 17.7. The van der Waals surface area contributed by atoms with Gasteiger partial charge in [0.1, 0.15) is 5.75 Å². The van der Waals surface area contributed by atoms with Crippen molar-refractivity contribution >= 4 is 18.3 Å². The molecule has 4 N–H and O–H groups in total. The average molecular weight is 315 g/mol. The third-order valence-electron chi connectivity index (χ3n) is 3.90. The standard InChI is InChI=1S/C15H22N2O3.ClH/c1-20-13-7-3-2-6-11(13)12(18)10-17-14(19)15(16)8-4-5-9-15;/h2-3,6-7,12,18H,4-5,8-10,16H2,1H3,(H,17,19);1H. The van der Waals surface area contributed by atoms with Gasteiger partial charge in [0.2, 0.25) is 5.91 Å². The van der Waals surface area contributed by atoms with Gasteiger partial charge in [0.05, 0.1) is 18.8 Å². The number of nitrogens with two attached hydrogens (primary N) is 1. The number of hydrogen-bond donors (Lipinski definition) is 3. The Morgan fingerprint density at radius 3 is 2.67 bits per heavy atom. The molecule has 2 rings (SSSR count). The van der Waals surface area contributed by atoms with Crippen molar-refractivity contribution in [2.75, 3.05) is 13.7 Å². The van der Waals surface area contributed by atoms with Crippen molar-refractivity contribution < 1.29 is 14.6 Å². The summed E-state index contributed by atoms with van der Waals surface area (Å²) in [6, 6.07) is 7.22. The predicted molar refractivity (Wildman–Crippen MR) is 83.6 cm³/mol. The van der Waals surface area contributed by atoms with Crippen molar-refractivity contribution in [1.29, 1.82) is 0 Å². The first-order valence-electron chi connectivity index (χ1n) is 6.95. The van der Waals surface area contributed by atoms with E-state index in [9.17, 15) is 9.90 Å². The van der Waals surface area contributed by atoms with Crippen molar-refractivity contribution in [3.63, 3.8) is 0 Å². The molecule has 1 atom stereocenters. The van der Waals surface area contributed by atoms with Gasteiger partial charge in [0, 0.05) is 12.1 Å². The molecule has 21 heavy (non-hydrogen) atoms. The number of carbonyl (C=O) groups is 1. The molecule has 1 aliphatic rings. The maximum absolute atomic E-state index is 12.1. The molecule has 0 heterocycles. The summed E-state index contributed by atoms with van der Waals surface area (Å²) < 4.78 is 5.20. The highest BCUT2D eigenvalue weighted by atomic mass is 35.5. The van der Waals surface area contributed by atoms with Gasteiger partial charge in [0.15, 0.2) is 0 Å². The van der Waals surface area contributed by atoms with Gasteiger partial charge < -0.3 is 20.9 Å². The van der Waals surface area contributed by atoms with Crippen LogP contribution in [0.4, 0.5) is 0 Å². The number of ether oxygens (including phenoxy) is 1. The molecule has 0 aromatic heterocycles. The number of carbonyl (C=O) groups excluding carboxylic acids is 1. The Hall–Kier alpha value is -1.30. The molecular weight excluding hydrogens is 292 g/mol. The Labute approximate surface area is 131 Å². The zero-order valence-electron chi connectivity index (χ0n) is 12.2. The van der Waals surface area contributed by atoms with Gasteiger partial charge in [-0.1, -0.05) is 31.0 Å². The van der Waals surface area contributed by atoms with Crippen molar-refractivity contribution in [1.82, 2.24) is 5.32 Å². The zero-order valence-corrected chi connectivity index (χ0v) is 13.0. The lowest BCUT2D eigenvalue weighted by Crippen LogP contribution is -2.52. The van der Waals surface area contributed by atoms with E-state index in [-0.39, 0.29) is 24.9 Å². The summed E-state index contributed by atoms with van der Waals surface area (Å²) in [6.07, 6.45) is 2.59. The Balaban J connectivity index is 0.00000220. The molecule has 1 unspecified atom stereocenters. The molecule has 0 aliphatic heterocycles. The van der Waals surface area contributed by atoms with E-state index >= 15 is 0 Å². The lowest BCUT2D eigenvalue weighted by Gasteiger charge is -2.23. The second-order valence-corrected chi connectivity index (χ2v) is 5.33. The number of aliphatic hydroxyl groups is 1. The fraction of sp³-hybridized carbons (Fsp3) is 0.533. The monoisotopic (exact) mass is 314 g/mol. The molecule has 1 aromatic carbocycles. The number of rotatable bonds is 5. The summed E-state index contributed by atoms with van der Waals surface area (Å²) in [5.74, 6) is 0.432. The number of para-hydroxylation sites is 1. The quantitative estimate of drug-likeness (QED) is 0.769. The summed E-state index contributed by atoms with van der Waals surface area (Å²) in [5, 5.41) is 12.9. The summed E-state index contributed by atoms with van der Waals surface area (Å²) in [5.41, 5.74) is 5.96. The Morgan fingerprint density at radius 2 is 2.05 bits per heavy atom. The maximum Gasteiger partial charge on any atom is 0.240 e. The van der Waals surface area contributed by atoms with Crippen LogP contribution in [-0.2, 0) is 4.79 Å². The van der Waals surface area contributed by atoms with Crippen molar-refractivity contribution in [3.8, 4) is 5.75 Å². The Kier molecular flexibility index (Phi) is 6.45. The van der Waals surface area contributed by atoms with Crippen LogP contribution < -0.4 is 15.8 Å². The molecule has 5 nitrogen and oxygen atoms in total. The van der Waals surface area contributed by atoms with Crippen molar-refractivity contribution in [2.24, 2.45) is 5.73 Å². The predicted octanol–water partition coefficient (Wildman–Crippen LogP) is 1.54. The van der Waals surface area contributed by atoms with Crippen LogP contribution in [0.2, 0.25) is 0 Å². The molecule has 0 bridgehead atoms. The highest BCUT2D eigenvalue weighted by Crippen LogP contribution is 2.28. The van der Waals surface area contributed by atoms with Crippen LogP contribution in [0, 0.1) is 0 Å². The second kappa shape index (κ2) is 7.64. The highest BCUT2D eigenvalue weighted by molar-refractivity contribution is 5.86. The minimum absolute atomic E-state index is 0. The summed E-state index contributed by atoms with van der Waals surface area (Å²) >= 11 is 0. The van der Waals surface area contributed by atoms with E-state index in [2.05, 4.69) is 5.32 Å². The lowest BCUT2D eigenvalue weighted by molar-refractivity contribution is -0.126. The minimum atomic E-state index is -0.805. The van der Waals surface area contributed by atoms with E-state index in [4.69, 9.17) is 10.5 Å². The summed E-state index contributed by atoms with van der Waals surface area (Å²) in [6.45, 7) is 0.137. The van der Waals surface area contributed by atoms with E-state index in [0.29, 0.717) is 24.2 Å². The average Bonchev–Trinajstić information content (AvgIpc) is 2.92. The van der Waals surface area contributed by atoms with Crippen LogP contribution in [0.25, 0.3) is 0 Å². The number of methoxy groups -OCH3 is 1. The summed E-state index contributed by atoms with van der Waals surface area (Å²) in [4.78, 5) is 12.1. The molecule has 1 amide bonds. The first-order chi connectivity index (χ1) is 9.57. The van der Waals surface area contributed by atoms with Crippen LogP contribution in [0.15, 0.2) is 24.3 Å². The number of aliphatic hydroxyl groups excluding tert-OH is 1. The van der Waals surface area contributed by atoms with Crippen LogP contribution in [0.3, 0.4) is 0 Å². The molecule has 6 heteroatoms. The maximum atomic E-state index is 12.1. The highest BCUT2D eigenvalue weighted by Gasteiger charge is 2.36. The minimum Gasteiger partial charge on any atom is -0.496 e. The topological polar surface area (TPSA) is 84.6 Å².